The highest BCUT2D eigenvalue weighted by atomic mass is 16.6. The maximum Gasteiger partial charge on any atom is 0.338 e. The molecule has 332 valence electrons. The van der Waals surface area contributed by atoms with E-state index in [-0.39, 0.29) is 42.4 Å². The first-order valence-electron chi connectivity index (χ1n) is 20.8. The number of ether oxygens (including phenoxy) is 4. The zero-order chi connectivity index (χ0) is 45.6. The third-order valence-electron chi connectivity index (χ3n) is 12.4. The van der Waals surface area contributed by atoms with Crippen molar-refractivity contribution in [1.82, 2.24) is 5.32 Å². The fraction of sp³-hybridized carbons (Fsp3) is 0.458. The summed E-state index contributed by atoms with van der Waals surface area (Å²) in [6.07, 6.45) is -8.90. The lowest BCUT2D eigenvalue weighted by Gasteiger charge is -2.58. The lowest BCUT2D eigenvalue weighted by atomic mass is 9.54. The average Bonchev–Trinajstić information content (AvgIpc) is 3.23. The molecular weight excluding hydrogens is 799 g/mol. The number of hydrogen-bond donors (Lipinski definition) is 4. The van der Waals surface area contributed by atoms with Crippen LogP contribution in [0.1, 0.15) is 113 Å². The minimum absolute atomic E-state index is 0.0648. The summed E-state index contributed by atoms with van der Waals surface area (Å²) in [4.78, 5) is 81.1. The molecule has 1 unspecified atom stereocenters. The van der Waals surface area contributed by atoms with E-state index in [0.717, 1.165) is 13.8 Å². The van der Waals surface area contributed by atoms with Gasteiger partial charge in [-0.1, -0.05) is 87.5 Å². The van der Waals surface area contributed by atoms with Crippen molar-refractivity contribution in [2.75, 3.05) is 0 Å². The van der Waals surface area contributed by atoms with Crippen LogP contribution in [-0.2, 0) is 38.1 Å². The number of carbonyl (C=O) groups is 6. The smallest absolute Gasteiger partial charge is 0.338 e. The number of carbonyl (C=O) groups excluding carboxylic acids is 6. The number of aliphatic hydroxyl groups is 3. The number of esters is 4. The second kappa shape index (κ2) is 19.6. The quantitative estimate of drug-likeness (QED) is 0.0843. The molecule has 5 rings (SSSR count). The van der Waals surface area contributed by atoms with Crippen LogP contribution in [0.25, 0.3) is 0 Å². The summed E-state index contributed by atoms with van der Waals surface area (Å²) in [5, 5.41) is 39.3. The van der Waals surface area contributed by atoms with E-state index in [4.69, 9.17) is 18.9 Å². The average molecular weight is 856 g/mol. The van der Waals surface area contributed by atoms with Gasteiger partial charge in [0.25, 0.3) is 5.91 Å². The molecule has 4 N–H and O–H groups in total. The van der Waals surface area contributed by atoms with E-state index in [1.165, 1.54) is 19.1 Å². The lowest BCUT2D eigenvalue weighted by molar-refractivity contribution is -0.245. The Labute approximate surface area is 361 Å². The van der Waals surface area contributed by atoms with Crippen molar-refractivity contribution in [3.8, 4) is 0 Å². The SMILES string of the molecule is CCC(=O)[C@H](OC(C)=O)C1=C(C)[C@@H](OC(=O)C[C@@H](NC(=O)c2ccccc2)c2ccccc2)C[C@@](O)([C@@H](OC(=O)c2ccccc2)C2C[C@@H](O)C[C@@H](O)[C@]2(C)OC(C)=O)C1(C)C. The van der Waals surface area contributed by atoms with Gasteiger partial charge < -0.3 is 39.6 Å². The van der Waals surface area contributed by atoms with Gasteiger partial charge >= 0.3 is 23.9 Å². The van der Waals surface area contributed by atoms with Gasteiger partial charge in [-0.3, -0.25) is 24.0 Å². The van der Waals surface area contributed by atoms with Gasteiger partial charge in [0.05, 0.1) is 30.2 Å². The molecule has 0 radical (unpaired) electrons. The first-order valence-corrected chi connectivity index (χ1v) is 20.8. The van der Waals surface area contributed by atoms with Crippen LogP contribution in [-0.4, -0.2) is 92.6 Å². The molecule has 14 heteroatoms. The maximum atomic E-state index is 14.3. The first kappa shape index (κ1) is 47.4. The monoisotopic (exact) mass is 855 g/mol. The van der Waals surface area contributed by atoms with Gasteiger partial charge in [-0.25, -0.2) is 4.79 Å². The number of hydrogen-bond acceptors (Lipinski definition) is 13. The second-order valence-electron chi connectivity index (χ2n) is 16.9. The number of ketones is 1. The largest absolute Gasteiger partial charge is 0.458 e. The van der Waals surface area contributed by atoms with E-state index in [1.807, 2.05) is 0 Å². The molecule has 0 saturated heterocycles. The lowest BCUT2D eigenvalue weighted by Crippen LogP contribution is -2.69. The molecule has 0 heterocycles. The van der Waals surface area contributed by atoms with Crippen LogP contribution >= 0.6 is 0 Å². The third-order valence-corrected chi connectivity index (χ3v) is 12.4. The Morgan fingerprint density at radius 2 is 1.35 bits per heavy atom. The predicted octanol–water partition coefficient (Wildman–Crippen LogP) is 5.53. The zero-order valence-corrected chi connectivity index (χ0v) is 36.2. The predicted molar refractivity (Wildman–Crippen MR) is 225 cm³/mol. The van der Waals surface area contributed by atoms with E-state index >= 15 is 0 Å². The number of benzene rings is 3. The van der Waals surface area contributed by atoms with Crippen LogP contribution in [0, 0.1) is 11.3 Å². The molecule has 0 aromatic heterocycles. The summed E-state index contributed by atoms with van der Waals surface area (Å²) < 4.78 is 24.1. The fourth-order valence-corrected chi connectivity index (χ4v) is 9.02. The van der Waals surface area contributed by atoms with Crippen molar-refractivity contribution in [3.63, 3.8) is 0 Å². The number of Topliss-reactive ketones (excluding diaryl/α,β-unsaturated/α-hetero) is 1. The Morgan fingerprint density at radius 1 is 0.790 bits per heavy atom. The highest BCUT2D eigenvalue weighted by Crippen LogP contribution is 2.56. The number of aliphatic hydroxyl groups excluding tert-OH is 2. The number of nitrogens with one attached hydrogen (secondary N) is 1. The van der Waals surface area contributed by atoms with E-state index in [1.54, 1.807) is 107 Å². The normalized spacial score (nSPS) is 25.9. The molecule has 0 bridgehead atoms. The molecule has 9 atom stereocenters. The number of rotatable bonds is 15. The summed E-state index contributed by atoms with van der Waals surface area (Å²) >= 11 is 0. The van der Waals surface area contributed by atoms with Crippen molar-refractivity contribution in [1.29, 1.82) is 0 Å². The van der Waals surface area contributed by atoms with Gasteiger partial charge in [-0.05, 0) is 61.2 Å². The van der Waals surface area contributed by atoms with Crippen LogP contribution < -0.4 is 5.32 Å². The molecule has 1 saturated carbocycles. The topological polar surface area (TPSA) is 212 Å². The van der Waals surface area contributed by atoms with Crippen molar-refractivity contribution in [3.05, 3.63) is 119 Å². The summed E-state index contributed by atoms with van der Waals surface area (Å²) in [5.74, 6) is -5.66. The van der Waals surface area contributed by atoms with Gasteiger partial charge in [0.1, 0.15) is 23.4 Å². The molecule has 1 amide bonds. The molecule has 1 fully saturated rings. The molecule has 0 aliphatic heterocycles. The van der Waals surface area contributed by atoms with Crippen LogP contribution in [0.3, 0.4) is 0 Å². The Bertz CT molecular complexity index is 2140. The Hall–Kier alpha value is -5.70. The Kier molecular flexibility index (Phi) is 14.9. The summed E-state index contributed by atoms with van der Waals surface area (Å²) in [7, 11) is 0. The molecule has 2 aliphatic rings. The van der Waals surface area contributed by atoms with E-state index < -0.39 is 101 Å². The van der Waals surface area contributed by atoms with Gasteiger partial charge in [0.15, 0.2) is 11.9 Å². The van der Waals surface area contributed by atoms with E-state index in [0.29, 0.717) is 11.1 Å². The van der Waals surface area contributed by atoms with Gasteiger partial charge in [0, 0.05) is 50.0 Å². The minimum Gasteiger partial charge on any atom is -0.458 e. The van der Waals surface area contributed by atoms with Crippen molar-refractivity contribution < 1.29 is 63.0 Å². The number of amides is 1. The van der Waals surface area contributed by atoms with Gasteiger partial charge in [-0.15, -0.1) is 0 Å². The molecule has 14 nitrogen and oxygen atoms in total. The third kappa shape index (κ3) is 10.1. The van der Waals surface area contributed by atoms with Gasteiger partial charge in [-0.2, -0.15) is 0 Å². The highest BCUT2D eigenvalue weighted by molar-refractivity contribution is 5.94. The Balaban J connectivity index is 1.67. The maximum absolute atomic E-state index is 14.3. The van der Waals surface area contributed by atoms with Crippen molar-refractivity contribution in [2.45, 2.75) is 128 Å². The van der Waals surface area contributed by atoms with Crippen LogP contribution in [0.15, 0.2) is 102 Å². The summed E-state index contributed by atoms with van der Waals surface area (Å²) in [5.41, 5.74) is -4.58. The van der Waals surface area contributed by atoms with Crippen LogP contribution in [0.2, 0.25) is 0 Å². The molecule has 3 aromatic rings. The molecular formula is C48H57NO13. The Morgan fingerprint density at radius 3 is 1.90 bits per heavy atom. The molecule has 62 heavy (non-hydrogen) atoms. The summed E-state index contributed by atoms with van der Waals surface area (Å²) in [6.45, 7) is 9.97. The van der Waals surface area contributed by atoms with Crippen LogP contribution in [0.5, 0.6) is 0 Å². The molecule has 0 spiro atoms. The zero-order valence-electron chi connectivity index (χ0n) is 36.2. The fourth-order valence-electron chi connectivity index (χ4n) is 9.02. The van der Waals surface area contributed by atoms with Gasteiger partial charge in [0.2, 0.25) is 0 Å². The molecule has 2 aliphatic carbocycles. The minimum atomic E-state index is -2.40. The van der Waals surface area contributed by atoms with Crippen LogP contribution in [0.4, 0.5) is 0 Å². The van der Waals surface area contributed by atoms with E-state index in [2.05, 4.69) is 5.32 Å². The highest BCUT2D eigenvalue weighted by Gasteiger charge is 2.66. The summed E-state index contributed by atoms with van der Waals surface area (Å²) in [6, 6.07) is 24.2. The van der Waals surface area contributed by atoms with Crippen molar-refractivity contribution >= 4 is 35.6 Å². The second-order valence-corrected chi connectivity index (χ2v) is 16.9. The standard InChI is InChI=1S/C48H57NO13/c1-8-37(53)42(59-29(3)50)41-28(2)38(60-40(55)26-36(31-18-12-9-13-19-31)49-44(56)32-20-14-10-15-21-32)27-48(58,46(41,5)6)43(61-45(57)33-22-16-11-17-23-33)35-24-34(52)25-39(54)47(35,7)62-30(4)51/h9-23,34-36,38-39,42-43,52,54,58H,8,24-27H2,1-7H3,(H,49,56)/t34-,35?,36-,38+,39-,42+,43+,47-,48-/m1/s1. The van der Waals surface area contributed by atoms with Crippen molar-refractivity contribution in [2.24, 2.45) is 11.3 Å². The first-order chi connectivity index (χ1) is 29.2. The molecule has 3 aromatic carbocycles. The van der Waals surface area contributed by atoms with E-state index in [9.17, 15) is 44.1 Å².